The molecular weight excluding hydrogens is 412 g/mol. The van der Waals surface area contributed by atoms with Crippen LogP contribution in [0.3, 0.4) is 0 Å². The molecule has 6 nitrogen and oxygen atoms in total. The maximum atomic E-state index is 12.6. The van der Waals surface area contributed by atoms with Gasteiger partial charge in [0.25, 0.3) is 0 Å². The Morgan fingerprint density at radius 2 is 1.86 bits per heavy atom. The van der Waals surface area contributed by atoms with Gasteiger partial charge >= 0.3 is 0 Å². The van der Waals surface area contributed by atoms with E-state index in [1.165, 1.54) is 10.4 Å². The lowest BCUT2D eigenvalue weighted by Crippen LogP contribution is -2.40. The van der Waals surface area contributed by atoms with Gasteiger partial charge in [0.1, 0.15) is 0 Å². The molecule has 3 rings (SSSR count). The van der Waals surface area contributed by atoms with Gasteiger partial charge in [-0.15, -0.1) is 0 Å². The van der Waals surface area contributed by atoms with Crippen LogP contribution in [-0.2, 0) is 26.1 Å². The largest absolute Gasteiger partial charge is 0.379 e. The molecule has 1 aliphatic rings. The summed E-state index contributed by atoms with van der Waals surface area (Å²) < 4.78 is 31.9. The summed E-state index contributed by atoms with van der Waals surface area (Å²) in [6.45, 7) is 1.98. The van der Waals surface area contributed by atoms with E-state index in [1.54, 1.807) is 48.4 Å². The molecule has 0 unspecified atom stereocenters. The summed E-state index contributed by atoms with van der Waals surface area (Å²) in [5, 5.41) is 0.631. The average Bonchev–Trinajstić information content (AvgIpc) is 2.73. The molecule has 1 fully saturated rings. The molecular formula is C21H23ClN2O4S. The smallest absolute Gasteiger partial charge is 0.246 e. The number of rotatable bonds is 6. The number of ether oxygens (including phenoxy) is 1. The number of halogens is 1. The Balaban J connectivity index is 1.62. The van der Waals surface area contributed by atoms with Crippen LogP contribution in [-0.4, -0.2) is 56.9 Å². The van der Waals surface area contributed by atoms with Gasteiger partial charge in [-0.05, 0) is 41.5 Å². The minimum atomic E-state index is -3.52. The number of benzene rings is 2. The number of likely N-dealkylation sites (N-methyl/N-ethyl adjacent to an activating group) is 1. The topological polar surface area (TPSA) is 66.9 Å². The van der Waals surface area contributed by atoms with Gasteiger partial charge in [-0.1, -0.05) is 35.9 Å². The predicted octanol–water partition coefficient (Wildman–Crippen LogP) is 3.03. The van der Waals surface area contributed by atoms with Crippen LogP contribution in [0.25, 0.3) is 6.08 Å². The van der Waals surface area contributed by atoms with Crippen molar-refractivity contribution in [1.82, 2.24) is 9.21 Å². The standard InChI is InChI=1S/C21H23ClN2O4S/c1-23(16-18-3-2-4-19(22)15-18)21(25)10-7-17-5-8-20(9-6-17)29(26,27)24-11-13-28-14-12-24/h2-10,15H,11-14,16H2,1H3/b10-7+. The molecule has 0 N–H and O–H groups in total. The van der Waals surface area contributed by atoms with Crippen LogP contribution in [0.4, 0.5) is 0 Å². The number of carbonyl (C=O) groups excluding carboxylic acids is 1. The first-order chi connectivity index (χ1) is 13.9. The molecule has 1 heterocycles. The zero-order valence-corrected chi connectivity index (χ0v) is 17.7. The van der Waals surface area contributed by atoms with Crippen LogP contribution in [0, 0.1) is 0 Å². The van der Waals surface area contributed by atoms with Gasteiger partial charge in [0.05, 0.1) is 18.1 Å². The van der Waals surface area contributed by atoms with E-state index in [-0.39, 0.29) is 10.8 Å². The number of amides is 1. The van der Waals surface area contributed by atoms with Crippen molar-refractivity contribution in [2.24, 2.45) is 0 Å². The SMILES string of the molecule is CN(Cc1cccc(Cl)c1)C(=O)/C=C/c1ccc(S(=O)(=O)N2CCOCC2)cc1. The summed E-state index contributed by atoms with van der Waals surface area (Å²) in [6, 6.07) is 13.9. The highest BCUT2D eigenvalue weighted by Crippen LogP contribution is 2.18. The number of carbonyl (C=O) groups is 1. The van der Waals surface area contributed by atoms with E-state index >= 15 is 0 Å². The van der Waals surface area contributed by atoms with Crippen LogP contribution >= 0.6 is 11.6 Å². The molecule has 1 saturated heterocycles. The number of nitrogens with zero attached hydrogens (tertiary/aromatic N) is 2. The van der Waals surface area contributed by atoms with Crippen molar-refractivity contribution in [2.45, 2.75) is 11.4 Å². The molecule has 0 aliphatic carbocycles. The van der Waals surface area contributed by atoms with Crippen molar-refractivity contribution in [3.63, 3.8) is 0 Å². The first kappa shape index (κ1) is 21.5. The minimum absolute atomic E-state index is 0.157. The highest BCUT2D eigenvalue weighted by molar-refractivity contribution is 7.89. The molecule has 0 saturated carbocycles. The van der Waals surface area contributed by atoms with Crippen LogP contribution < -0.4 is 0 Å². The molecule has 2 aromatic rings. The van der Waals surface area contributed by atoms with E-state index in [0.29, 0.717) is 37.9 Å². The molecule has 0 atom stereocenters. The third-order valence-electron chi connectivity index (χ3n) is 4.59. The molecule has 0 spiro atoms. The Bertz CT molecular complexity index is 984. The second-order valence-electron chi connectivity index (χ2n) is 6.74. The minimum Gasteiger partial charge on any atom is -0.379 e. The second-order valence-corrected chi connectivity index (χ2v) is 9.12. The van der Waals surface area contributed by atoms with Gasteiger partial charge in [-0.2, -0.15) is 4.31 Å². The lowest BCUT2D eigenvalue weighted by Gasteiger charge is -2.26. The average molecular weight is 435 g/mol. The molecule has 0 bridgehead atoms. The Morgan fingerprint density at radius 1 is 1.17 bits per heavy atom. The van der Waals surface area contributed by atoms with Crippen molar-refractivity contribution < 1.29 is 17.9 Å². The third-order valence-corrected chi connectivity index (χ3v) is 6.74. The molecule has 0 aromatic heterocycles. The molecule has 1 amide bonds. The van der Waals surface area contributed by atoms with E-state index in [1.807, 2.05) is 18.2 Å². The predicted molar refractivity (Wildman–Crippen MR) is 113 cm³/mol. The summed E-state index contributed by atoms with van der Waals surface area (Å²) >= 11 is 5.97. The van der Waals surface area contributed by atoms with Crippen molar-refractivity contribution in [3.8, 4) is 0 Å². The molecule has 8 heteroatoms. The van der Waals surface area contributed by atoms with Gasteiger partial charge in [-0.3, -0.25) is 4.79 Å². The third kappa shape index (κ3) is 5.67. The monoisotopic (exact) mass is 434 g/mol. The van der Waals surface area contributed by atoms with Crippen LogP contribution in [0.15, 0.2) is 59.5 Å². The first-order valence-electron chi connectivity index (χ1n) is 9.22. The van der Waals surface area contributed by atoms with Crippen molar-refractivity contribution in [1.29, 1.82) is 0 Å². The summed E-state index contributed by atoms with van der Waals surface area (Å²) in [5.41, 5.74) is 1.69. The van der Waals surface area contributed by atoms with Crippen LogP contribution in [0.5, 0.6) is 0 Å². The Labute approximate surface area is 176 Å². The van der Waals surface area contributed by atoms with E-state index in [2.05, 4.69) is 0 Å². The van der Waals surface area contributed by atoms with Gasteiger partial charge in [0, 0.05) is 37.8 Å². The van der Waals surface area contributed by atoms with Gasteiger partial charge in [0.15, 0.2) is 0 Å². The Morgan fingerprint density at radius 3 is 2.52 bits per heavy atom. The van der Waals surface area contributed by atoms with E-state index in [9.17, 15) is 13.2 Å². The lowest BCUT2D eigenvalue weighted by atomic mass is 10.2. The number of hydrogen-bond donors (Lipinski definition) is 0. The molecule has 154 valence electrons. The Hall–Kier alpha value is -2.19. The van der Waals surface area contributed by atoms with Crippen LogP contribution in [0.1, 0.15) is 11.1 Å². The quantitative estimate of drug-likeness (QED) is 0.655. The van der Waals surface area contributed by atoms with E-state index < -0.39 is 10.0 Å². The van der Waals surface area contributed by atoms with Crippen molar-refractivity contribution in [3.05, 3.63) is 70.8 Å². The van der Waals surface area contributed by atoms with Crippen molar-refractivity contribution in [2.75, 3.05) is 33.4 Å². The molecule has 1 aliphatic heterocycles. The zero-order chi connectivity index (χ0) is 20.9. The van der Waals surface area contributed by atoms with Gasteiger partial charge < -0.3 is 9.64 Å². The number of morpholine rings is 1. The zero-order valence-electron chi connectivity index (χ0n) is 16.1. The maximum Gasteiger partial charge on any atom is 0.246 e. The van der Waals surface area contributed by atoms with Crippen molar-refractivity contribution >= 4 is 33.6 Å². The highest BCUT2D eigenvalue weighted by atomic mass is 35.5. The molecule has 2 aromatic carbocycles. The van der Waals surface area contributed by atoms with Gasteiger partial charge in [-0.25, -0.2) is 8.42 Å². The fourth-order valence-corrected chi connectivity index (χ4v) is 4.59. The van der Waals surface area contributed by atoms with Crippen LogP contribution in [0.2, 0.25) is 5.02 Å². The second kappa shape index (κ2) is 9.54. The lowest BCUT2D eigenvalue weighted by molar-refractivity contribution is -0.125. The first-order valence-corrected chi connectivity index (χ1v) is 11.0. The Kier molecular flexibility index (Phi) is 7.08. The number of sulfonamides is 1. The summed E-state index contributed by atoms with van der Waals surface area (Å²) in [5.74, 6) is -0.157. The fraction of sp³-hybridized carbons (Fsp3) is 0.286. The number of hydrogen-bond acceptors (Lipinski definition) is 4. The summed E-state index contributed by atoms with van der Waals surface area (Å²) in [7, 11) is -1.80. The maximum absolute atomic E-state index is 12.6. The fourth-order valence-electron chi connectivity index (χ4n) is 2.97. The van der Waals surface area contributed by atoms with Gasteiger partial charge in [0.2, 0.25) is 15.9 Å². The molecule has 29 heavy (non-hydrogen) atoms. The summed E-state index contributed by atoms with van der Waals surface area (Å²) in [6.07, 6.45) is 3.14. The molecule has 0 radical (unpaired) electrons. The van der Waals surface area contributed by atoms with E-state index in [4.69, 9.17) is 16.3 Å². The normalized spacial score (nSPS) is 15.5. The van der Waals surface area contributed by atoms with E-state index in [0.717, 1.165) is 11.1 Å². The summed E-state index contributed by atoms with van der Waals surface area (Å²) in [4.78, 5) is 14.1. The highest BCUT2D eigenvalue weighted by Gasteiger charge is 2.25.